The largest absolute Gasteiger partial charge is 0.465 e. The van der Waals surface area contributed by atoms with Gasteiger partial charge in [-0.2, -0.15) is 4.98 Å². The predicted molar refractivity (Wildman–Crippen MR) is 139 cm³/mol. The highest BCUT2D eigenvalue weighted by Crippen LogP contribution is 2.27. The third-order valence-corrected chi connectivity index (χ3v) is 7.04. The molecule has 0 bridgehead atoms. The molecule has 1 aliphatic rings. The number of hydrogen-bond donors (Lipinski definition) is 1. The number of rotatable bonds is 7. The summed E-state index contributed by atoms with van der Waals surface area (Å²) in [5.74, 6) is 2.07. The zero-order chi connectivity index (χ0) is 25.1. The third kappa shape index (κ3) is 5.71. The van der Waals surface area contributed by atoms with E-state index in [1.807, 2.05) is 24.3 Å². The Morgan fingerprint density at radius 2 is 1.78 bits per heavy atom. The van der Waals surface area contributed by atoms with E-state index in [1.54, 1.807) is 24.3 Å². The Morgan fingerprint density at radius 1 is 1.03 bits per heavy atom. The van der Waals surface area contributed by atoms with Crippen LogP contribution >= 0.6 is 23.2 Å². The van der Waals surface area contributed by atoms with Crippen molar-refractivity contribution in [1.82, 2.24) is 20.0 Å². The smallest absolute Gasteiger partial charge is 0.407 e. The summed E-state index contributed by atoms with van der Waals surface area (Å²) in [6.07, 6.45) is 1.74. The Kier molecular flexibility index (Phi) is 7.25. The fraction of sp³-hybridized carbons (Fsp3) is 0.308. The van der Waals surface area contributed by atoms with Gasteiger partial charge in [0.1, 0.15) is 12.4 Å². The second-order valence-electron chi connectivity index (χ2n) is 8.95. The van der Waals surface area contributed by atoms with E-state index in [-0.39, 0.29) is 12.4 Å². The molecule has 0 radical (unpaired) electrons. The van der Waals surface area contributed by atoms with Gasteiger partial charge < -0.3 is 14.5 Å². The van der Waals surface area contributed by atoms with E-state index in [2.05, 4.69) is 21.1 Å². The van der Waals surface area contributed by atoms with Gasteiger partial charge in [-0.25, -0.2) is 9.78 Å². The topological polar surface area (TPSA) is 95.6 Å². The summed E-state index contributed by atoms with van der Waals surface area (Å²) in [4.78, 5) is 24.6. The first-order chi connectivity index (χ1) is 17.4. The number of fused-ring (bicyclic) bond motifs is 1. The number of anilines is 1. The number of benzene rings is 2. The second kappa shape index (κ2) is 10.7. The zero-order valence-electron chi connectivity index (χ0n) is 19.5. The highest BCUT2D eigenvalue weighted by Gasteiger charge is 2.23. The molecule has 0 atom stereocenters. The maximum Gasteiger partial charge on any atom is 0.407 e. The summed E-state index contributed by atoms with van der Waals surface area (Å²) in [7, 11) is 0. The van der Waals surface area contributed by atoms with Crippen molar-refractivity contribution in [3.8, 4) is 11.4 Å². The van der Waals surface area contributed by atoms with Gasteiger partial charge in [0, 0.05) is 40.6 Å². The Morgan fingerprint density at radius 3 is 2.53 bits per heavy atom. The normalized spacial score (nSPS) is 14.3. The molecule has 36 heavy (non-hydrogen) atoms. The molecular weight excluding hydrogens is 501 g/mol. The van der Waals surface area contributed by atoms with Gasteiger partial charge in [0.15, 0.2) is 0 Å². The van der Waals surface area contributed by atoms with Crippen molar-refractivity contribution in [2.75, 3.05) is 24.5 Å². The lowest BCUT2D eigenvalue weighted by atomic mass is 9.93. The van der Waals surface area contributed by atoms with Crippen molar-refractivity contribution >= 4 is 46.0 Å². The Labute approximate surface area is 218 Å². The highest BCUT2D eigenvalue weighted by atomic mass is 35.5. The van der Waals surface area contributed by atoms with Gasteiger partial charge in [-0.15, -0.1) is 0 Å². The number of carboxylic acid groups (broad SMARTS) is 1. The van der Waals surface area contributed by atoms with Gasteiger partial charge in [0.05, 0.1) is 5.52 Å². The summed E-state index contributed by atoms with van der Waals surface area (Å²) in [5.41, 5.74) is 1.68. The first kappa shape index (κ1) is 24.3. The van der Waals surface area contributed by atoms with Crippen molar-refractivity contribution in [3.63, 3.8) is 0 Å². The average Bonchev–Trinajstić information content (AvgIpc) is 3.35. The zero-order valence-corrected chi connectivity index (χ0v) is 21.0. The summed E-state index contributed by atoms with van der Waals surface area (Å²) in [6, 6.07) is 16.9. The molecule has 2 aromatic carbocycles. The molecule has 0 unspecified atom stereocenters. The molecular formula is C26H25Cl2N5O3. The average molecular weight is 526 g/mol. The third-order valence-electron chi connectivity index (χ3n) is 6.55. The van der Waals surface area contributed by atoms with Crippen molar-refractivity contribution in [2.45, 2.75) is 25.8 Å². The van der Waals surface area contributed by atoms with Crippen LogP contribution in [-0.4, -0.2) is 50.9 Å². The van der Waals surface area contributed by atoms with Gasteiger partial charge in [-0.1, -0.05) is 28.4 Å². The van der Waals surface area contributed by atoms with E-state index in [9.17, 15) is 9.90 Å². The van der Waals surface area contributed by atoms with Gasteiger partial charge >= 0.3 is 6.09 Å². The van der Waals surface area contributed by atoms with Gasteiger partial charge in [-0.3, -0.25) is 4.90 Å². The van der Waals surface area contributed by atoms with E-state index in [0.29, 0.717) is 28.3 Å². The van der Waals surface area contributed by atoms with E-state index >= 15 is 0 Å². The number of carbonyl (C=O) groups is 1. The standard InChI is InChI=1S/C26H25Cl2N5O3/c27-20-4-1-18(2-5-20)25-30-24(36-31-25)16-33(26(34)35)14-11-17-9-12-32(13-10-17)23-8-3-19-15-21(28)6-7-22(19)29-23/h1-8,15,17H,9-14,16H2,(H,34,35). The van der Waals surface area contributed by atoms with Crippen molar-refractivity contribution in [2.24, 2.45) is 5.92 Å². The van der Waals surface area contributed by atoms with Crippen LogP contribution in [-0.2, 0) is 6.54 Å². The first-order valence-corrected chi connectivity index (χ1v) is 12.6. The molecule has 186 valence electrons. The summed E-state index contributed by atoms with van der Waals surface area (Å²) >= 11 is 12.0. The maximum absolute atomic E-state index is 11.9. The fourth-order valence-electron chi connectivity index (χ4n) is 4.49. The molecule has 1 saturated heterocycles. The van der Waals surface area contributed by atoms with E-state index in [1.165, 1.54) is 4.90 Å². The van der Waals surface area contributed by atoms with Crippen LogP contribution in [0.4, 0.5) is 10.6 Å². The predicted octanol–water partition coefficient (Wildman–Crippen LogP) is 6.38. The Balaban J connectivity index is 1.14. The van der Waals surface area contributed by atoms with Crippen LogP contribution in [0, 0.1) is 5.92 Å². The second-order valence-corrected chi connectivity index (χ2v) is 9.82. The van der Waals surface area contributed by atoms with Crippen LogP contribution in [0.1, 0.15) is 25.2 Å². The van der Waals surface area contributed by atoms with Crippen LogP contribution in [0.3, 0.4) is 0 Å². The van der Waals surface area contributed by atoms with Gasteiger partial charge in [0.25, 0.3) is 0 Å². The van der Waals surface area contributed by atoms with E-state index < -0.39 is 6.09 Å². The molecule has 4 aromatic rings. The molecule has 1 N–H and O–H groups in total. The van der Waals surface area contributed by atoms with Gasteiger partial charge in [0.2, 0.25) is 11.7 Å². The monoisotopic (exact) mass is 525 g/mol. The molecule has 2 aromatic heterocycles. The Hall–Kier alpha value is -3.36. The summed E-state index contributed by atoms with van der Waals surface area (Å²) in [6.45, 7) is 2.24. The number of piperidine rings is 1. The summed E-state index contributed by atoms with van der Waals surface area (Å²) in [5, 5.41) is 16.0. The van der Waals surface area contributed by atoms with E-state index in [4.69, 9.17) is 32.7 Å². The lowest BCUT2D eigenvalue weighted by Crippen LogP contribution is -2.36. The first-order valence-electron chi connectivity index (χ1n) is 11.8. The van der Waals surface area contributed by atoms with Crippen LogP contribution in [0.2, 0.25) is 10.0 Å². The number of aromatic nitrogens is 3. The molecule has 5 rings (SSSR count). The fourth-order valence-corrected chi connectivity index (χ4v) is 4.80. The van der Waals surface area contributed by atoms with Crippen molar-refractivity contribution in [1.29, 1.82) is 0 Å². The van der Waals surface area contributed by atoms with Crippen LogP contribution in [0.15, 0.2) is 59.1 Å². The number of nitrogens with zero attached hydrogens (tertiary/aromatic N) is 5. The Bertz CT molecular complexity index is 1350. The minimum atomic E-state index is -1.00. The molecule has 0 aliphatic carbocycles. The molecule has 1 aliphatic heterocycles. The molecule has 1 fully saturated rings. The van der Waals surface area contributed by atoms with Gasteiger partial charge in [-0.05, 0) is 79.8 Å². The SMILES string of the molecule is O=C(O)N(CCC1CCN(c2ccc3cc(Cl)ccc3n2)CC1)Cc1nc(-c2ccc(Cl)cc2)no1. The number of pyridine rings is 1. The number of amides is 1. The minimum absolute atomic E-state index is 0.0554. The highest BCUT2D eigenvalue weighted by molar-refractivity contribution is 6.31. The lowest BCUT2D eigenvalue weighted by molar-refractivity contribution is 0.131. The molecule has 10 heteroatoms. The molecule has 1 amide bonds. The quantitative estimate of drug-likeness (QED) is 0.299. The van der Waals surface area contributed by atoms with Crippen LogP contribution in [0.5, 0.6) is 0 Å². The molecule has 3 heterocycles. The van der Waals surface area contributed by atoms with E-state index in [0.717, 1.165) is 54.6 Å². The molecule has 0 saturated carbocycles. The summed E-state index contributed by atoms with van der Waals surface area (Å²) < 4.78 is 5.30. The van der Waals surface area contributed by atoms with Crippen molar-refractivity contribution < 1.29 is 14.4 Å². The number of hydrogen-bond acceptors (Lipinski definition) is 6. The number of halogens is 2. The van der Waals surface area contributed by atoms with Crippen LogP contribution in [0.25, 0.3) is 22.3 Å². The lowest BCUT2D eigenvalue weighted by Gasteiger charge is -2.33. The molecule has 8 nitrogen and oxygen atoms in total. The minimum Gasteiger partial charge on any atom is -0.465 e. The van der Waals surface area contributed by atoms with Crippen LogP contribution < -0.4 is 4.90 Å². The molecule has 0 spiro atoms. The maximum atomic E-state index is 11.9. The van der Waals surface area contributed by atoms with Crippen molar-refractivity contribution in [3.05, 3.63) is 70.5 Å².